The van der Waals surface area contributed by atoms with Gasteiger partial charge >= 0.3 is 0 Å². The molecule has 1 aromatic carbocycles. The molecule has 8 heteroatoms. The second-order valence-corrected chi connectivity index (χ2v) is 9.56. The molecule has 35 heavy (non-hydrogen) atoms. The molecule has 1 N–H and O–H groups in total. The highest BCUT2D eigenvalue weighted by Crippen LogP contribution is 2.52. The summed E-state index contributed by atoms with van der Waals surface area (Å²) in [5.41, 5.74) is 2.62. The molecular formula is C27H34N4O4. The van der Waals surface area contributed by atoms with Gasteiger partial charge in [-0.3, -0.25) is 19.4 Å². The van der Waals surface area contributed by atoms with Gasteiger partial charge in [0.25, 0.3) is 5.91 Å². The first kappa shape index (κ1) is 23.9. The summed E-state index contributed by atoms with van der Waals surface area (Å²) in [5.74, 6) is 0.0208. The van der Waals surface area contributed by atoms with E-state index in [1.807, 2.05) is 23.0 Å². The number of hydroxylamine groups is 2. The van der Waals surface area contributed by atoms with Crippen LogP contribution in [0.5, 0.6) is 0 Å². The molecule has 2 atom stereocenters. The summed E-state index contributed by atoms with van der Waals surface area (Å²) in [6.45, 7) is 6.20. The topological polar surface area (TPSA) is 84.0 Å². The fraction of sp³-hybridized carbons (Fsp3) is 0.519. The van der Waals surface area contributed by atoms with E-state index in [9.17, 15) is 9.59 Å². The van der Waals surface area contributed by atoms with Gasteiger partial charge in [-0.15, -0.1) is 0 Å². The van der Waals surface area contributed by atoms with Crippen molar-refractivity contribution in [2.24, 2.45) is 0 Å². The third-order valence-electron chi connectivity index (χ3n) is 7.65. The Bertz CT molecular complexity index is 1030. The number of nitrogens with one attached hydrogen (secondary N) is 1. The maximum absolute atomic E-state index is 13.1. The van der Waals surface area contributed by atoms with Crippen LogP contribution in [-0.4, -0.2) is 72.3 Å². The Hall–Kier alpha value is -2.81. The average Bonchev–Trinajstić information content (AvgIpc) is 3.51. The predicted octanol–water partition coefficient (Wildman–Crippen LogP) is 2.86. The number of nitrogens with zero attached hydrogens (tertiary/aromatic N) is 3. The van der Waals surface area contributed by atoms with Gasteiger partial charge < -0.3 is 15.0 Å². The molecule has 8 nitrogen and oxygen atoms in total. The van der Waals surface area contributed by atoms with E-state index in [2.05, 4.69) is 28.5 Å². The molecule has 2 saturated heterocycles. The van der Waals surface area contributed by atoms with Crippen molar-refractivity contribution in [1.82, 2.24) is 20.3 Å². The minimum absolute atomic E-state index is 0.156. The lowest BCUT2D eigenvalue weighted by molar-refractivity contribution is -0.141. The van der Waals surface area contributed by atoms with Crippen LogP contribution in [-0.2, 0) is 19.8 Å². The van der Waals surface area contributed by atoms with Crippen molar-refractivity contribution in [3.8, 4) is 0 Å². The molecule has 3 aliphatic rings. The molecule has 1 aromatic heterocycles. The van der Waals surface area contributed by atoms with Crippen LogP contribution in [0.1, 0.15) is 60.1 Å². The Morgan fingerprint density at radius 2 is 2.00 bits per heavy atom. The first-order chi connectivity index (χ1) is 17.1. The van der Waals surface area contributed by atoms with E-state index in [0.717, 1.165) is 38.0 Å². The summed E-state index contributed by atoms with van der Waals surface area (Å²) in [5, 5.41) is 5.14. The number of carbonyl (C=O) groups excluding carboxylic acids is 2. The number of amides is 2. The lowest BCUT2D eigenvalue weighted by Gasteiger charge is -2.44. The van der Waals surface area contributed by atoms with Crippen LogP contribution in [0.25, 0.3) is 0 Å². The number of carbonyl (C=O) groups is 2. The van der Waals surface area contributed by atoms with Gasteiger partial charge in [-0.25, -0.2) is 0 Å². The Kier molecular flexibility index (Phi) is 7.13. The number of aromatic nitrogens is 1. The molecule has 3 heterocycles. The molecule has 2 fully saturated rings. The fourth-order valence-corrected chi connectivity index (χ4v) is 5.93. The molecule has 0 bridgehead atoms. The van der Waals surface area contributed by atoms with Crippen molar-refractivity contribution < 1.29 is 19.2 Å². The van der Waals surface area contributed by atoms with E-state index in [1.165, 1.54) is 5.56 Å². The third kappa shape index (κ3) is 4.70. The van der Waals surface area contributed by atoms with Crippen LogP contribution in [0.3, 0.4) is 0 Å². The van der Waals surface area contributed by atoms with Crippen LogP contribution < -0.4 is 5.32 Å². The lowest BCUT2D eigenvalue weighted by atomic mass is 9.71. The summed E-state index contributed by atoms with van der Waals surface area (Å²) >= 11 is 0. The molecule has 2 amide bonds. The Balaban J connectivity index is 1.33. The molecule has 0 unspecified atom stereocenters. The fourth-order valence-electron chi connectivity index (χ4n) is 5.93. The average molecular weight is 479 g/mol. The highest BCUT2D eigenvalue weighted by atomic mass is 16.7. The van der Waals surface area contributed by atoms with Gasteiger partial charge in [0.1, 0.15) is 0 Å². The van der Waals surface area contributed by atoms with E-state index in [-0.39, 0.29) is 29.4 Å². The minimum atomic E-state index is -0.256. The second-order valence-electron chi connectivity index (χ2n) is 9.56. The number of ether oxygens (including phenoxy) is 1. The zero-order valence-electron chi connectivity index (χ0n) is 20.3. The highest BCUT2D eigenvalue weighted by molar-refractivity contribution is 5.94. The molecule has 0 saturated carbocycles. The number of pyridine rings is 1. The maximum atomic E-state index is 13.1. The normalized spacial score (nSPS) is 23.4. The smallest absolute Gasteiger partial charge is 0.253 e. The molecule has 1 aliphatic carbocycles. The first-order valence-electron chi connectivity index (χ1n) is 12.7. The number of rotatable bonds is 7. The summed E-state index contributed by atoms with van der Waals surface area (Å²) in [4.78, 5) is 37.6. The molecule has 2 aromatic rings. The third-order valence-corrected chi connectivity index (χ3v) is 7.65. The van der Waals surface area contributed by atoms with Crippen molar-refractivity contribution in [2.45, 2.75) is 50.2 Å². The van der Waals surface area contributed by atoms with E-state index < -0.39 is 0 Å². The van der Waals surface area contributed by atoms with Crippen LogP contribution in [0.15, 0.2) is 48.8 Å². The first-order valence-corrected chi connectivity index (χ1v) is 12.7. The number of piperidine rings is 1. The monoisotopic (exact) mass is 478 g/mol. The van der Waals surface area contributed by atoms with Gasteiger partial charge in [0.2, 0.25) is 5.91 Å². The highest BCUT2D eigenvalue weighted by Gasteiger charge is 2.54. The van der Waals surface area contributed by atoms with Gasteiger partial charge in [0.05, 0.1) is 24.3 Å². The maximum Gasteiger partial charge on any atom is 0.253 e. The predicted molar refractivity (Wildman–Crippen MR) is 131 cm³/mol. The standard InChI is InChI=1S/C27H34N4O4/c1-2-34-25-24(29-26(33)20-7-5-13-28-19-20)21-8-3-4-9-22(21)27(25)11-16-30(17-12-27)23(32)10-15-31-14-6-18-35-31/h3-5,7-9,13,19,24-25H,2,6,10-12,14-18H2,1H3,(H,29,33)/t24-,25+/m1/s1. The summed E-state index contributed by atoms with van der Waals surface area (Å²) in [7, 11) is 0. The number of hydrogen-bond donors (Lipinski definition) is 1. The zero-order chi connectivity index (χ0) is 24.3. The molecule has 2 aliphatic heterocycles. The number of benzene rings is 1. The van der Waals surface area contributed by atoms with Crippen molar-refractivity contribution in [1.29, 1.82) is 0 Å². The van der Waals surface area contributed by atoms with Gasteiger partial charge in [0, 0.05) is 57.0 Å². The molecular weight excluding hydrogens is 444 g/mol. The van der Waals surface area contributed by atoms with Crippen molar-refractivity contribution in [2.75, 3.05) is 39.4 Å². The SMILES string of the molecule is CCO[C@H]1[C@H](NC(=O)c2cccnc2)c2ccccc2C12CCN(C(=O)CCN1CCCO1)CC2. The Labute approximate surface area is 206 Å². The number of likely N-dealkylation sites (tertiary alicyclic amines) is 1. The molecule has 186 valence electrons. The van der Waals surface area contributed by atoms with Gasteiger partial charge in [-0.1, -0.05) is 24.3 Å². The summed E-state index contributed by atoms with van der Waals surface area (Å²) in [6.07, 6.45) is 6.16. The van der Waals surface area contributed by atoms with Crippen LogP contribution in [0.4, 0.5) is 0 Å². The van der Waals surface area contributed by atoms with Crippen molar-refractivity contribution in [3.05, 3.63) is 65.5 Å². The Morgan fingerprint density at radius 3 is 2.71 bits per heavy atom. The van der Waals surface area contributed by atoms with Gasteiger partial charge in [-0.05, 0) is 49.4 Å². The van der Waals surface area contributed by atoms with Crippen molar-refractivity contribution in [3.63, 3.8) is 0 Å². The van der Waals surface area contributed by atoms with Crippen molar-refractivity contribution >= 4 is 11.8 Å². The van der Waals surface area contributed by atoms with Crippen LogP contribution in [0, 0.1) is 0 Å². The second kappa shape index (κ2) is 10.4. The Morgan fingerprint density at radius 1 is 1.17 bits per heavy atom. The summed E-state index contributed by atoms with van der Waals surface area (Å²) < 4.78 is 6.38. The van der Waals surface area contributed by atoms with E-state index in [0.29, 0.717) is 38.2 Å². The lowest BCUT2D eigenvalue weighted by Crippen LogP contribution is -2.52. The van der Waals surface area contributed by atoms with Crippen LogP contribution in [0.2, 0.25) is 0 Å². The quantitative estimate of drug-likeness (QED) is 0.659. The number of hydrogen-bond acceptors (Lipinski definition) is 6. The molecule has 0 radical (unpaired) electrons. The van der Waals surface area contributed by atoms with E-state index in [1.54, 1.807) is 24.5 Å². The zero-order valence-corrected chi connectivity index (χ0v) is 20.3. The molecule has 5 rings (SSSR count). The van der Waals surface area contributed by atoms with Crippen LogP contribution >= 0.6 is 0 Å². The van der Waals surface area contributed by atoms with Gasteiger partial charge in [-0.2, -0.15) is 5.06 Å². The minimum Gasteiger partial charge on any atom is -0.375 e. The largest absolute Gasteiger partial charge is 0.375 e. The van der Waals surface area contributed by atoms with Gasteiger partial charge in [0.15, 0.2) is 0 Å². The summed E-state index contributed by atoms with van der Waals surface area (Å²) in [6, 6.07) is 11.6. The van der Waals surface area contributed by atoms with E-state index in [4.69, 9.17) is 9.57 Å². The number of fused-ring (bicyclic) bond motifs is 2. The van der Waals surface area contributed by atoms with E-state index >= 15 is 0 Å². The molecule has 1 spiro atoms.